The van der Waals surface area contributed by atoms with Gasteiger partial charge in [0.05, 0.1) is 6.54 Å². The quantitative estimate of drug-likeness (QED) is 0.700. The van der Waals surface area contributed by atoms with Gasteiger partial charge in [-0.2, -0.15) is 5.10 Å². The van der Waals surface area contributed by atoms with Crippen molar-refractivity contribution in [1.29, 1.82) is 0 Å². The van der Waals surface area contributed by atoms with Crippen LogP contribution in [0.4, 0.5) is 0 Å². The maximum absolute atomic E-state index is 11.1. The van der Waals surface area contributed by atoms with Crippen molar-refractivity contribution in [2.24, 2.45) is 10.1 Å². The van der Waals surface area contributed by atoms with Crippen molar-refractivity contribution in [2.75, 3.05) is 19.6 Å². The van der Waals surface area contributed by atoms with Crippen LogP contribution in [-0.4, -0.2) is 58.3 Å². The van der Waals surface area contributed by atoms with Gasteiger partial charge in [0, 0.05) is 13.1 Å². The van der Waals surface area contributed by atoms with Crippen LogP contribution in [0.15, 0.2) is 22.2 Å². The first kappa shape index (κ1) is 10.3. The number of likely N-dealkylation sites (tertiary alicyclic amines) is 1. The van der Waals surface area contributed by atoms with Crippen LogP contribution in [0.1, 0.15) is 12.8 Å². The average molecular weight is 234 g/mol. The van der Waals surface area contributed by atoms with Crippen molar-refractivity contribution in [1.82, 2.24) is 9.91 Å². The lowest BCUT2D eigenvalue weighted by Crippen LogP contribution is -2.42. The molecule has 3 heterocycles. The monoisotopic (exact) mass is 234 g/mol. The highest BCUT2D eigenvalue weighted by molar-refractivity contribution is 6.07. The van der Waals surface area contributed by atoms with E-state index < -0.39 is 12.0 Å². The van der Waals surface area contributed by atoms with E-state index in [0.717, 1.165) is 18.9 Å². The number of aliphatic imine (C=N–C) groups is 1. The van der Waals surface area contributed by atoms with E-state index in [-0.39, 0.29) is 6.54 Å². The van der Waals surface area contributed by atoms with E-state index in [1.165, 1.54) is 17.9 Å². The molecule has 0 amide bonds. The Kier molecular flexibility index (Phi) is 2.35. The van der Waals surface area contributed by atoms with Crippen molar-refractivity contribution in [3.63, 3.8) is 0 Å². The van der Waals surface area contributed by atoms with Crippen LogP contribution >= 0.6 is 0 Å². The van der Waals surface area contributed by atoms with Gasteiger partial charge in [-0.15, -0.1) is 0 Å². The fourth-order valence-electron chi connectivity index (χ4n) is 2.33. The van der Waals surface area contributed by atoms with Gasteiger partial charge in [0.2, 0.25) is 0 Å². The van der Waals surface area contributed by atoms with E-state index in [2.05, 4.69) is 15.0 Å². The predicted molar refractivity (Wildman–Crippen MR) is 62.9 cm³/mol. The summed E-state index contributed by atoms with van der Waals surface area (Å²) in [4.78, 5) is 17.4. The van der Waals surface area contributed by atoms with Gasteiger partial charge < -0.3 is 10.0 Å². The van der Waals surface area contributed by atoms with E-state index in [1.54, 1.807) is 0 Å². The summed E-state index contributed by atoms with van der Waals surface area (Å²) >= 11 is 0. The van der Waals surface area contributed by atoms with Crippen LogP contribution < -0.4 is 0 Å². The van der Waals surface area contributed by atoms with Gasteiger partial charge in [-0.1, -0.05) is 0 Å². The van der Waals surface area contributed by atoms with Gasteiger partial charge in [0.25, 0.3) is 0 Å². The highest BCUT2D eigenvalue weighted by atomic mass is 16.4. The van der Waals surface area contributed by atoms with Crippen LogP contribution in [-0.2, 0) is 4.79 Å². The number of carboxylic acid groups (broad SMARTS) is 1. The second-order valence-corrected chi connectivity index (χ2v) is 4.38. The molecule has 0 aromatic carbocycles. The molecule has 0 spiro atoms. The Hall–Kier alpha value is -1.85. The largest absolute Gasteiger partial charge is 0.480 e. The van der Waals surface area contributed by atoms with Crippen LogP contribution in [0.5, 0.6) is 0 Å². The smallest absolute Gasteiger partial charge is 0.330 e. The summed E-state index contributed by atoms with van der Waals surface area (Å²) in [6, 6.07) is -0.646. The van der Waals surface area contributed by atoms with Crippen molar-refractivity contribution in [3.05, 3.63) is 12.2 Å². The van der Waals surface area contributed by atoms with Crippen molar-refractivity contribution in [2.45, 2.75) is 18.9 Å². The number of amidine groups is 2. The predicted octanol–water partition coefficient (Wildman–Crippen LogP) is 0.133. The van der Waals surface area contributed by atoms with Crippen molar-refractivity contribution in [3.8, 4) is 0 Å². The molecule has 1 fully saturated rings. The fraction of sp³-hybridized carbons (Fsp3) is 0.545. The number of nitrogens with zero attached hydrogens (tertiary/aromatic N) is 4. The molecule has 0 aromatic heterocycles. The highest BCUT2D eigenvalue weighted by Crippen LogP contribution is 2.19. The average Bonchev–Trinajstić information content (AvgIpc) is 2.97. The Morgan fingerprint density at radius 2 is 2.00 bits per heavy atom. The summed E-state index contributed by atoms with van der Waals surface area (Å²) in [5, 5.41) is 15.0. The van der Waals surface area contributed by atoms with Crippen molar-refractivity contribution < 1.29 is 9.90 Å². The maximum atomic E-state index is 11.1. The third-order valence-corrected chi connectivity index (χ3v) is 3.26. The lowest BCUT2D eigenvalue weighted by molar-refractivity contribution is -0.141. The minimum atomic E-state index is -0.872. The molecule has 1 unspecified atom stereocenters. The van der Waals surface area contributed by atoms with Gasteiger partial charge in [0.15, 0.2) is 6.04 Å². The standard InChI is InChI=1S/C11H14N4O2/c16-11(17)8-7-12-9-3-4-10(13-15(8)9)14-5-1-2-6-14/h3-4,8H,1-2,5-7H2,(H,16,17). The van der Waals surface area contributed by atoms with E-state index in [9.17, 15) is 4.79 Å². The Morgan fingerprint density at radius 1 is 1.29 bits per heavy atom. The summed E-state index contributed by atoms with van der Waals surface area (Å²) < 4.78 is 0. The van der Waals surface area contributed by atoms with Crippen LogP contribution in [0.25, 0.3) is 0 Å². The molecule has 6 nitrogen and oxygen atoms in total. The Bertz CT molecular complexity index is 435. The first-order valence-electron chi connectivity index (χ1n) is 5.84. The lowest BCUT2D eigenvalue weighted by Gasteiger charge is -2.26. The summed E-state index contributed by atoms with van der Waals surface area (Å²) in [6.07, 6.45) is 6.13. The minimum absolute atomic E-state index is 0.284. The molecule has 3 rings (SSSR count). The van der Waals surface area contributed by atoms with Crippen LogP contribution in [0.3, 0.4) is 0 Å². The van der Waals surface area contributed by atoms with Crippen molar-refractivity contribution >= 4 is 17.6 Å². The van der Waals surface area contributed by atoms with Gasteiger partial charge in [0.1, 0.15) is 11.7 Å². The molecule has 17 heavy (non-hydrogen) atoms. The molecule has 6 heteroatoms. The number of aliphatic carboxylic acids is 1. The van der Waals surface area contributed by atoms with Gasteiger partial charge in [-0.25, -0.2) is 9.80 Å². The normalized spacial score (nSPS) is 26.9. The third kappa shape index (κ3) is 1.69. The second-order valence-electron chi connectivity index (χ2n) is 4.38. The highest BCUT2D eigenvalue weighted by Gasteiger charge is 2.34. The maximum Gasteiger partial charge on any atom is 0.330 e. The molecular weight excluding hydrogens is 220 g/mol. The Balaban J connectivity index is 1.84. The number of fused-ring (bicyclic) bond motifs is 1. The zero-order chi connectivity index (χ0) is 11.8. The molecule has 0 saturated carbocycles. The SMILES string of the molecule is O=C(O)C1CN=C2C=CC(N3CCCC3)=NN21. The molecule has 90 valence electrons. The summed E-state index contributed by atoms with van der Waals surface area (Å²) in [7, 11) is 0. The number of hydrogen-bond donors (Lipinski definition) is 1. The molecule has 1 saturated heterocycles. The van der Waals surface area contributed by atoms with E-state index in [4.69, 9.17) is 5.11 Å². The zero-order valence-corrected chi connectivity index (χ0v) is 9.41. The van der Waals surface area contributed by atoms with Gasteiger partial charge in [-0.05, 0) is 25.0 Å². The van der Waals surface area contributed by atoms with Crippen LogP contribution in [0, 0.1) is 0 Å². The summed E-state index contributed by atoms with van der Waals surface area (Å²) in [5.41, 5.74) is 0. The third-order valence-electron chi connectivity index (χ3n) is 3.26. The number of hydrazone groups is 1. The topological polar surface area (TPSA) is 68.5 Å². The molecule has 0 bridgehead atoms. The molecule has 0 aliphatic carbocycles. The summed E-state index contributed by atoms with van der Waals surface area (Å²) in [5.74, 6) is 0.638. The second kappa shape index (κ2) is 3.87. The Labute approximate surface area is 98.9 Å². The molecular formula is C11H14N4O2. The van der Waals surface area contributed by atoms with Crippen LogP contribution in [0.2, 0.25) is 0 Å². The molecule has 0 radical (unpaired) electrons. The molecule has 3 aliphatic heterocycles. The molecule has 1 N–H and O–H groups in total. The minimum Gasteiger partial charge on any atom is -0.480 e. The molecule has 0 aromatic rings. The van der Waals surface area contributed by atoms with Gasteiger partial charge >= 0.3 is 5.97 Å². The Morgan fingerprint density at radius 3 is 2.71 bits per heavy atom. The lowest BCUT2D eigenvalue weighted by atomic mass is 10.3. The summed E-state index contributed by atoms with van der Waals surface area (Å²) in [6.45, 7) is 2.29. The molecule has 1 atom stereocenters. The first-order chi connectivity index (χ1) is 8.25. The van der Waals surface area contributed by atoms with E-state index in [0.29, 0.717) is 5.84 Å². The van der Waals surface area contributed by atoms with E-state index >= 15 is 0 Å². The fourth-order valence-corrected chi connectivity index (χ4v) is 2.33. The number of hydrogen-bond acceptors (Lipinski definition) is 5. The van der Waals surface area contributed by atoms with Gasteiger partial charge in [-0.3, -0.25) is 4.99 Å². The van der Waals surface area contributed by atoms with E-state index in [1.807, 2.05) is 12.2 Å². The zero-order valence-electron chi connectivity index (χ0n) is 9.41. The first-order valence-corrected chi connectivity index (χ1v) is 5.84. The molecule has 3 aliphatic rings. The number of rotatable bonds is 1. The number of carboxylic acids is 1. The number of carbonyl (C=O) groups is 1.